The molecule has 0 aromatic carbocycles. The van der Waals surface area contributed by atoms with E-state index < -0.39 is 0 Å². The Labute approximate surface area is 66.3 Å². The van der Waals surface area contributed by atoms with Crippen LogP contribution in [-0.2, 0) is 35.8 Å². The van der Waals surface area contributed by atoms with Crippen molar-refractivity contribution in [2.24, 2.45) is 0 Å². The SMILES string of the molecule is [Ni].[PH2][W].[SnH4]. The molecule has 0 nitrogen and oxygen atoms in total. The van der Waals surface area contributed by atoms with E-state index in [2.05, 4.69) is 7.33 Å². The standard InChI is InChI=1S/Ni.H2P.Sn.W.4H/h;1H2;;;;;;/q;-1;;+1;;;;. The minimum absolute atomic E-state index is 0. The first-order valence-electron chi connectivity index (χ1n) is 0.236. The van der Waals surface area contributed by atoms with Gasteiger partial charge in [-0.05, 0) is 0 Å². The third-order valence-corrected chi connectivity index (χ3v) is 0. The van der Waals surface area contributed by atoms with Crippen molar-refractivity contribution in [3.05, 3.63) is 0 Å². The molecule has 0 aliphatic heterocycles. The van der Waals surface area contributed by atoms with Crippen LogP contribution in [0.2, 0.25) is 0 Å². The van der Waals surface area contributed by atoms with Gasteiger partial charge in [-0.15, -0.1) is 0 Å². The summed E-state index contributed by atoms with van der Waals surface area (Å²) in [5.74, 6) is 0. The van der Waals surface area contributed by atoms with Crippen LogP contribution in [0.15, 0.2) is 0 Å². The molecule has 1 unspecified atom stereocenters. The number of hydrogen-bond acceptors (Lipinski definition) is 0. The van der Waals surface area contributed by atoms with Crippen molar-refractivity contribution >= 4 is 31.2 Å². The second kappa shape index (κ2) is 18.1. The molecule has 0 bridgehead atoms. The van der Waals surface area contributed by atoms with E-state index in [9.17, 15) is 0 Å². The predicted octanol–water partition coefficient (Wildman–Crippen LogP) is -1.13. The van der Waals surface area contributed by atoms with Crippen LogP contribution in [0.5, 0.6) is 0 Å². The van der Waals surface area contributed by atoms with Crippen molar-refractivity contribution in [2.45, 2.75) is 0 Å². The molecule has 4 heavy (non-hydrogen) atoms. The molecular weight excluding hydrogens is 392 g/mol. The quantitative estimate of drug-likeness (QED) is 0.358. The van der Waals surface area contributed by atoms with E-state index in [4.69, 9.17) is 0 Å². The summed E-state index contributed by atoms with van der Waals surface area (Å²) in [7, 11) is 2.50. The molecule has 0 amide bonds. The molecule has 31 valence electrons. The summed E-state index contributed by atoms with van der Waals surface area (Å²) in [6, 6.07) is 0. The molecule has 0 saturated heterocycles. The van der Waals surface area contributed by atoms with Crippen molar-refractivity contribution in [3.8, 4) is 0 Å². The molecular formula is H6NiPSnW. The second-order valence-electron chi connectivity index (χ2n) is 0. The molecule has 0 aliphatic carbocycles. The molecule has 4 heteroatoms. The van der Waals surface area contributed by atoms with Gasteiger partial charge in [0.2, 0.25) is 0 Å². The third-order valence-electron chi connectivity index (χ3n) is 0. The van der Waals surface area contributed by atoms with Gasteiger partial charge >= 0.3 is 50.5 Å². The van der Waals surface area contributed by atoms with Crippen LogP contribution in [0.4, 0.5) is 0 Å². The van der Waals surface area contributed by atoms with Crippen LogP contribution in [0.25, 0.3) is 0 Å². The first kappa shape index (κ1) is 16.1. The van der Waals surface area contributed by atoms with Crippen molar-refractivity contribution < 1.29 is 35.8 Å². The van der Waals surface area contributed by atoms with E-state index in [1.807, 2.05) is 0 Å². The Morgan fingerprint density at radius 3 is 1.25 bits per heavy atom. The maximum absolute atomic E-state index is 2.50. The zero-order chi connectivity index (χ0) is 2.00. The minimum atomic E-state index is 0. The summed E-state index contributed by atoms with van der Waals surface area (Å²) in [5.41, 5.74) is 0. The second-order valence-corrected chi connectivity index (χ2v) is 0. The molecule has 0 heterocycles. The van der Waals surface area contributed by atoms with E-state index in [1.165, 1.54) is 19.3 Å². The summed E-state index contributed by atoms with van der Waals surface area (Å²) >= 11 is 1.50. The van der Waals surface area contributed by atoms with E-state index >= 15 is 0 Å². The summed E-state index contributed by atoms with van der Waals surface area (Å²) in [6.07, 6.45) is 0. The van der Waals surface area contributed by atoms with Gasteiger partial charge in [-0.2, -0.15) is 0 Å². The fourth-order valence-corrected chi connectivity index (χ4v) is 0. The van der Waals surface area contributed by atoms with Gasteiger partial charge in [0.25, 0.3) is 0 Å². The fraction of sp³-hybridized carbons (Fsp3) is 0. The fourth-order valence-electron chi connectivity index (χ4n) is 0. The first-order chi connectivity index (χ1) is 1.00. The maximum atomic E-state index is 2.50. The van der Waals surface area contributed by atoms with Crippen LogP contribution in [0.3, 0.4) is 0 Å². The predicted molar refractivity (Wildman–Crippen MR) is 21.0 cm³/mol. The molecule has 0 aliphatic rings. The summed E-state index contributed by atoms with van der Waals surface area (Å²) in [4.78, 5) is 0. The van der Waals surface area contributed by atoms with Gasteiger partial charge in [0.15, 0.2) is 0 Å². The summed E-state index contributed by atoms with van der Waals surface area (Å²) < 4.78 is 0. The average molecular weight is 398 g/mol. The van der Waals surface area contributed by atoms with Crippen LogP contribution >= 0.6 is 7.33 Å². The van der Waals surface area contributed by atoms with Gasteiger partial charge in [-0.3, -0.25) is 0 Å². The Balaban J connectivity index is -0.00000000500. The van der Waals surface area contributed by atoms with Gasteiger partial charge in [-0.1, -0.05) is 0 Å². The molecule has 0 spiro atoms. The van der Waals surface area contributed by atoms with Gasteiger partial charge in [0.05, 0.1) is 0 Å². The molecule has 0 N–H and O–H groups in total. The molecule has 0 aromatic heterocycles. The van der Waals surface area contributed by atoms with Crippen LogP contribution in [0.1, 0.15) is 0 Å². The third kappa shape index (κ3) is 8.83. The molecule has 1 atom stereocenters. The van der Waals surface area contributed by atoms with E-state index in [1.54, 1.807) is 0 Å². The van der Waals surface area contributed by atoms with Crippen LogP contribution < -0.4 is 0 Å². The van der Waals surface area contributed by atoms with E-state index in [0.717, 1.165) is 0 Å². The summed E-state index contributed by atoms with van der Waals surface area (Å²) in [6.45, 7) is 0. The van der Waals surface area contributed by atoms with E-state index in [0.29, 0.717) is 0 Å². The molecule has 0 saturated carbocycles. The zero-order valence-electron chi connectivity index (χ0n) is 1.30. The molecule has 0 rings (SSSR count). The Kier molecular flexibility index (Phi) is 73.1. The number of rotatable bonds is 0. The molecule has 0 radical (unpaired) electrons. The average Bonchev–Trinajstić information content (AvgIpc) is 1.00. The zero-order valence-corrected chi connectivity index (χ0v) is 6.38. The Bertz CT molecular complexity index is 8.00. The Hall–Kier alpha value is 2.41. The van der Waals surface area contributed by atoms with Crippen molar-refractivity contribution in [3.63, 3.8) is 0 Å². The van der Waals surface area contributed by atoms with Gasteiger partial charge in [0.1, 0.15) is 0 Å². The first-order valence-corrected chi connectivity index (χ1v) is 5.79. The Morgan fingerprint density at radius 1 is 1.25 bits per heavy atom. The van der Waals surface area contributed by atoms with Gasteiger partial charge in [-0.25, -0.2) is 0 Å². The van der Waals surface area contributed by atoms with E-state index in [-0.39, 0.29) is 40.4 Å². The molecule has 0 fully saturated rings. The monoisotopic (exact) mass is 399 g/mol. The topological polar surface area (TPSA) is 0 Å². The van der Waals surface area contributed by atoms with Crippen molar-refractivity contribution in [1.29, 1.82) is 0 Å². The van der Waals surface area contributed by atoms with Gasteiger partial charge < -0.3 is 0 Å². The van der Waals surface area contributed by atoms with Crippen LogP contribution in [0, 0.1) is 0 Å². The Morgan fingerprint density at radius 2 is 1.25 bits per heavy atom. The van der Waals surface area contributed by atoms with Crippen molar-refractivity contribution in [2.75, 3.05) is 0 Å². The van der Waals surface area contributed by atoms with Crippen LogP contribution in [-0.4, -0.2) is 23.9 Å². The van der Waals surface area contributed by atoms with Crippen molar-refractivity contribution in [1.82, 2.24) is 0 Å². The summed E-state index contributed by atoms with van der Waals surface area (Å²) in [5, 5.41) is 0. The molecule has 0 aromatic rings. The number of hydrogen-bond donors (Lipinski definition) is 0. The normalized spacial score (nSPS) is 1.25. The van der Waals surface area contributed by atoms with Gasteiger partial charge in [0, 0.05) is 16.5 Å².